The fraction of sp³-hybridized carbons (Fsp3) is 0.174. The number of methoxy groups -OCH3 is 2. The normalized spacial score (nSPS) is 10.7. The molecule has 33 heavy (non-hydrogen) atoms. The van der Waals surface area contributed by atoms with Gasteiger partial charge in [-0.2, -0.15) is 4.98 Å². The fourth-order valence-corrected chi connectivity index (χ4v) is 3.40. The number of carbonyl (C=O) groups is 1. The number of nitrogens with one attached hydrogen (secondary N) is 1. The molecule has 3 heterocycles. The smallest absolute Gasteiger partial charge is 0.352 e. The molecule has 0 spiro atoms. The second kappa shape index (κ2) is 9.35. The maximum Gasteiger partial charge on any atom is 0.352 e. The maximum absolute atomic E-state index is 13.0. The molecule has 10 nitrogen and oxygen atoms in total. The van der Waals surface area contributed by atoms with Crippen LogP contribution in [0.5, 0.6) is 11.5 Å². The predicted octanol–water partition coefficient (Wildman–Crippen LogP) is 1.61. The number of hydrogen-bond donors (Lipinski definition) is 1. The Kier molecular flexibility index (Phi) is 6.16. The van der Waals surface area contributed by atoms with E-state index in [2.05, 4.69) is 15.3 Å². The molecule has 2 aliphatic rings. The van der Waals surface area contributed by atoms with E-state index in [0.717, 1.165) is 10.1 Å². The summed E-state index contributed by atoms with van der Waals surface area (Å²) in [5.41, 5.74) is 0.277. The lowest BCUT2D eigenvalue weighted by atomic mass is 10.2. The third kappa shape index (κ3) is 4.59. The van der Waals surface area contributed by atoms with Crippen LogP contribution in [0.25, 0.3) is 11.4 Å². The highest BCUT2D eigenvalue weighted by Gasteiger charge is 2.19. The minimum Gasteiger partial charge on any atom is -0.497 e. The summed E-state index contributed by atoms with van der Waals surface area (Å²) in [4.78, 5) is 46.3. The third-order valence-electron chi connectivity index (χ3n) is 5.04. The van der Waals surface area contributed by atoms with Gasteiger partial charge in [-0.3, -0.25) is 19.1 Å². The van der Waals surface area contributed by atoms with Gasteiger partial charge in [-0.1, -0.05) is 0 Å². The lowest BCUT2D eigenvalue weighted by Crippen LogP contribution is -2.38. The van der Waals surface area contributed by atoms with E-state index in [1.807, 2.05) is 0 Å². The SMILES string of the molecule is COc1ccc(NC(=O)Cn2cccc3c(=O)n(Cc4ccncc4)c(=O)nc2-3)c(OC)c1. The van der Waals surface area contributed by atoms with Crippen molar-refractivity contribution in [2.24, 2.45) is 0 Å². The quantitative estimate of drug-likeness (QED) is 0.457. The van der Waals surface area contributed by atoms with Gasteiger partial charge in [-0.15, -0.1) is 0 Å². The van der Waals surface area contributed by atoms with E-state index < -0.39 is 11.2 Å². The van der Waals surface area contributed by atoms with Crippen LogP contribution in [0.2, 0.25) is 0 Å². The van der Waals surface area contributed by atoms with Crippen LogP contribution in [-0.4, -0.2) is 39.2 Å². The van der Waals surface area contributed by atoms with Crippen LogP contribution in [-0.2, 0) is 17.9 Å². The second-order valence-electron chi connectivity index (χ2n) is 7.13. The lowest BCUT2D eigenvalue weighted by Gasteiger charge is -2.16. The molecule has 0 saturated heterocycles. The van der Waals surface area contributed by atoms with Crippen LogP contribution in [0, 0.1) is 0 Å². The minimum atomic E-state index is -0.693. The Morgan fingerprint density at radius 3 is 2.58 bits per heavy atom. The number of nitrogens with zero attached hydrogens (tertiary/aromatic N) is 4. The molecule has 10 heteroatoms. The molecule has 2 aliphatic heterocycles. The summed E-state index contributed by atoms with van der Waals surface area (Å²) >= 11 is 0. The van der Waals surface area contributed by atoms with Crippen LogP contribution < -0.4 is 26.0 Å². The van der Waals surface area contributed by atoms with E-state index in [0.29, 0.717) is 17.2 Å². The van der Waals surface area contributed by atoms with Gasteiger partial charge >= 0.3 is 5.69 Å². The molecular weight excluding hydrogens is 426 g/mol. The monoisotopic (exact) mass is 447 g/mol. The number of aromatic nitrogens is 4. The molecule has 0 radical (unpaired) electrons. The highest BCUT2D eigenvalue weighted by Crippen LogP contribution is 2.29. The second-order valence-corrected chi connectivity index (χ2v) is 7.13. The van der Waals surface area contributed by atoms with Crippen LogP contribution in [0.3, 0.4) is 0 Å². The molecule has 0 bridgehead atoms. The van der Waals surface area contributed by atoms with Crippen molar-refractivity contribution in [3.63, 3.8) is 0 Å². The number of anilines is 1. The van der Waals surface area contributed by atoms with Gasteiger partial charge in [0.05, 0.1) is 32.0 Å². The average molecular weight is 447 g/mol. The van der Waals surface area contributed by atoms with Gasteiger partial charge in [0, 0.05) is 24.7 Å². The molecule has 4 rings (SSSR count). The Balaban J connectivity index is 1.62. The number of carbonyl (C=O) groups excluding carboxylic acids is 1. The summed E-state index contributed by atoms with van der Waals surface area (Å²) in [5, 5.41) is 2.76. The van der Waals surface area contributed by atoms with E-state index in [1.54, 1.807) is 61.1 Å². The van der Waals surface area contributed by atoms with Gasteiger partial charge in [-0.05, 0) is 42.0 Å². The van der Waals surface area contributed by atoms with Crippen molar-refractivity contribution in [1.29, 1.82) is 0 Å². The molecule has 1 aromatic carbocycles. The Labute approximate surface area is 188 Å². The van der Waals surface area contributed by atoms with Crippen molar-refractivity contribution in [3.05, 3.63) is 87.5 Å². The van der Waals surface area contributed by atoms with Crippen molar-refractivity contribution in [3.8, 4) is 22.9 Å². The molecule has 1 amide bonds. The molecule has 0 atom stereocenters. The Hall–Kier alpha value is -4.47. The van der Waals surface area contributed by atoms with Crippen LogP contribution in [0.15, 0.2) is 70.6 Å². The van der Waals surface area contributed by atoms with Gasteiger partial charge in [0.1, 0.15) is 18.0 Å². The minimum absolute atomic E-state index is 0.0791. The molecule has 0 unspecified atom stereocenters. The summed E-state index contributed by atoms with van der Waals surface area (Å²) in [6.07, 6.45) is 4.76. The first-order valence-electron chi connectivity index (χ1n) is 10.0. The van der Waals surface area contributed by atoms with Gasteiger partial charge in [0.2, 0.25) is 5.91 Å². The van der Waals surface area contributed by atoms with E-state index in [9.17, 15) is 14.4 Å². The molecule has 0 aliphatic carbocycles. The highest BCUT2D eigenvalue weighted by molar-refractivity contribution is 5.92. The van der Waals surface area contributed by atoms with Gasteiger partial charge in [0.15, 0.2) is 5.82 Å². The molecule has 2 aromatic rings. The van der Waals surface area contributed by atoms with E-state index in [1.165, 1.54) is 18.8 Å². The average Bonchev–Trinajstić information content (AvgIpc) is 2.83. The number of ether oxygens (including phenoxy) is 2. The molecule has 1 aromatic heterocycles. The van der Waals surface area contributed by atoms with Crippen LogP contribution in [0.1, 0.15) is 5.56 Å². The summed E-state index contributed by atoms with van der Waals surface area (Å²) in [6, 6.07) is 11.7. The number of benzene rings is 1. The third-order valence-corrected chi connectivity index (χ3v) is 5.04. The number of fused-ring (bicyclic) bond motifs is 1. The number of hydrogen-bond acceptors (Lipinski definition) is 7. The number of rotatable bonds is 7. The topological polar surface area (TPSA) is 117 Å². The van der Waals surface area contributed by atoms with Crippen molar-refractivity contribution in [2.45, 2.75) is 13.1 Å². The summed E-state index contributed by atoms with van der Waals surface area (Å²) in [6.45, 7) is -0.0808. The molecule has 0 fully saturated rings. The van der Waals surface area contributed by atoms with E-state index >= 15 is 0 Å². The Morgan fingerprint density at radius 1 is 1.06 bits per heavy atom. The zero-order valence-corrected chi connectivity index (χ0v) is 18.0. The predicted molar refractivity (Wildman–Crippen MR) is 121 cm³/mol. The first kappa shape index (κ1) is 21.8. The molecule has 168 valence electrons. The first-order chi connectivity index (χ1) is 16.0. The summed E-state index contributed by atoms with van der Waals surface area (Å²) in [7, 11) is 3.02. The Morgan fingerprint density at radius 2 is 1.85 bits per heavy atom. The van der Waals surface area contributed by atoms with Crippen molar-refractivity contribution in [2.75, 3.05) is 19.5 Å². The zero-order chi connectivity index (χ0) is 23.4. The van der Waals surface area contributed by atoms with Crippen molar-refractivity contribution in [1.82, 2.24) is 19.1 Å². The number of pyridine rings is 2. The lowest BCUT2D eigenvalue weighted by molar-refractivity contribution is -0.116. The maximum atomic E-state index is 13.0. The van der Waals surface area contributed by atoms with E-state index in [-0.39, 0.29) is 30.4 Å². The van der Waals surface area contributed by atoms with Crippen LogP contribution in [0.4, 0.5) is 5.69 Å². The van der Waals surface area contributed by atoms with Crippen LogP contribution >= 0.6 is 0 Å². The summed E-state index contributed by atoms with van der Waals surface area (Å²) in [5.74, 6) is 0.773. The zero-order valence-electron chi connectivity index (χ0n) is 18.0. The number of amides is 1. The molecular formula is C23H21N5O5. The van der Waals surface area contributed by atoms with Crippen molar-refractivity contribution >= 4 is 11.6 Å². The Bertz CT molecular complexity index is 1380. The van der Waals surface area contributed by atoms with Gasteiger partial charge < -0.3 is 19.4 Å². The highest BCUT2D eigenvalue weighted by atomic mass is 16.5. The largest absolute Gasteiger partial charge is 0.497 e. The standard InChI is InChI=1S/C23H21N5O5/c1-32-16-5-6-18(19(12-16)33-2)25-20(29)14-27-11-3-4-17-21(27)26-23(31)28(22(17)30)13-15-7-9-24-10-8-15/h3-12H,13-14H2,1-2H3,(H,25,29). The van der Waals surface area contributed by atoms with Gasteiger partial charge in [-0.25, -0.2) is 4.79 Å². The summed E-state index contributed by atoms with van der Waals surface area (Å²) < 4.78 is 13.0. The van der Waals surface area contributed by atoms with Gasteiger partial charge in [0.25, 0.3) is 5.56 Å². The van der Waals surface area contributed by atoms with Crippen molar-refractivity contribution < 1.29 is 14.3 Å². The van der Waals surface area contributed by atoms with E-state index in [4.69, 9.17) is 9.47 Å². The molecule has 0 saturated carbocycles. The fourth-order valence-electron chi connectivity index (χ4n) is 3.40. The molecule has 1 N–H and O–H groups in total. The first-order valence-corrected chi connectivity index (χ1v) is 10.0.